The fourth-order valence-electron chi connectivity index (χ4n) is 0.973. The summed E-state index contributed by atoms with van der Waals surface area (Å²) < 4.78 is 4.78. The molecule has 0 rings (SSSR count). The van der Waals surface area contributed by atoms with Crippen LogP contribution in [-0.2, 0) is 9.53 Å². The predicted molar refractivity (Wildman–Crippen MR) is 52.7 cm³/mol. The highest BCUT2D eigenvalue weighted by molar-refractivity contribution is 5.73. The second-order valence-electron chi connectivity index (χ2n) is 3.04. The number of primary amides is 1. The maximum absolute atomic E-state index is 11.1. The smallest absolute Gasteiger partial charge is 0.409 e. The van der Waals surface area contributed by atoms with Crippen LogP contribution in [0.5, 0.6) is 0 Å². The van der Waals surface area contributed by atoms with Crippen LogP contribution in [0, 0.1) is 0 Å². The number of carbonyl (C=O) groups excluding carboxylic acids is 2. The zero-order valence-electron chi connectivity index (χ0n) is 8.78. The summed E-state index contributed by atoms with van der Waals surface area (Å²) in [4.78, 5) is 23.0. The molecule has 0 spiro atoms. The van der Waals surface area contributed by atoms with Gasteiger partial charge in [-0.1, -0.05) is 0 Å². The van der Waals surface area contributed by atoms with Gasteiger partial charge < -0.3 is 15.4 Å². The van der Waals surface area contributed by atoms with Crippen molar-refractivity contribution in [2.75, 3.05) is 20.2 Å². The number of unbranched alkanes of at least 4 members (excludes halogenated alkanes) is 1. The average Bonchev–Trinajstić information content (AvgIpc) is 2.12. The molecule has 2 amide bonds. The fourth-order valence-corrected chi connectivity index (χ4v) is 0.973. The molecular weight excluding hydrogens is 184 g/mol. The molecule has 0 atom stereocenters. The van der Waals surface area contributed by atoms with Crippen LogP contribution in [0.3, 0.4) is 0 Å². The molecule has 0 aliphatic heterocycles. The highest BCUT2D eigenvalue weighted by Crippen LogP contribution is 1.98. The van der Waals surface area contributed by atoms with Gasteiger partial charge in [0, 0.05) is 20.0 Å². The van der Waals surface area contributed by atoms with Crippen molar-refractivity contribution in [2.45, 2.75) is 26.2 Å². The molecule has 0 aliphatic carbocycles. The lowest BCUT2D eigenvalue weighted by Crippen LogP contribution is -2.28. The van der Waals surface area contributed by atoms with Crippen molar-refractivity contribution in [1.29, 1.82) is 0 Å². The van der Waals surface area contributed by atoms with Crippen molar-refractivity contribution < 1.29 is 14.3 Å². The Balaban J connectivity index is 3.48. The van der Waals surface area contributed by atoms with E-state index < -0.39 is 0 Å². The molecule has 14 heavy (non-hydrogen) atoms. The van der Waals surface area contributed by atoms with Gasteiger partial charge in [-0.15, -0.1) is 0 Å². The van der Waals surface area contributed by atoms with E-state index in [2.05, 4.69) is 0 Å². The first-order valence-corrected chi connectivity index (χ1v) is 4.74. The second kappa shape index (κ2) is 7.17. The summed E-state index contributed by atoms with van der Waals surface area (Å²) in [7, 11) is 1.67. The van der Waals surface area contributed by atoms with Crippen LogP contribution in [-0.4, -0.2) is 37.1 Å². The van der Waals surface area contributed by atoms with Gasteiger partial charge in [-0.2, -0.15) is 0 Å². The lowest BCUT2D eigenvalue weighted by atomic mass is 10.2. The summed E-state index contributed by atoms with van der Waals surface area (Å²) in [6.07, 6.45) is 1.51. The number of hydrogen-bond acceptors (Lipinski definition) is 3. The minimum absolute atomic E-state index is 0.302. The van der Waals surface area contributed by atoms with Gasteiger partial charge in [-0.25, -0.2) is 4.79 Å². The molecule has 0 bridgehead atoms. The van der Waals surface area contributed by atoms with Gasteiger partial charge >= 0.3 is 6.09 Å². The van der Waals surface area contributed by atoms with Gasteiger partial charge in [-0.3, -0.25) is 4.79 Å². The Kier molecular flexibility index (Phi) is 6.53. The third-order valence-corrected chi connectivity index (χ3v) is 1.75. The summed E-state index contributed by atoms with van der Waals surface area (Å²) in [5.74, 6) is -0.302. The number of nitrogens with two attached hydrogens (primary N) is 1. The lowest BCUT2D eigenvalue weighted by Gasteiger charge is -2.15. The molecule has 0 radical (unpaired) electrons. The van der Waals surface area contributed by atoms with E-state index in [-0.39, 0.29) is 12.0 Å². The van der Waals surface area contributed by atoms with Crippen LogP contribution >= 0.6 is 0 Å². The zero-order valence-corrected chi connectivity index (χ0v) is 8.78. The molecule has 0 heterocycles. The molecule has 0 aliphatic rings. The Hall–Kier alpha value is -1.26. The molecule has 0 unspecified atom stereocenters. The van der Waals surface area contributed by atoms with Crippen LogP contribution < -0.4 is 5.73 Å². The number of ether oxygens (including phenoxy) is 1. The van der Waals surface area contributed by atoms with E-state index in [1.807, 2.05) is 0 Å². The molecule has 0 saturated carbocycles. The SMILES string of the molecule is CCOC(=O)N(C)CCCCC(N)=O. The van der Waals surface area contributed by atoms with Crippen molar-refractivity contribution in [3.05, 3.63) is 0 Å². The Morgan fingerprint density at radius 1 is 1.36 bits per heavy atom. The maximum atomic E-state index is 11.1. The molecule has 2 N–H and O–H groups in total. The number of amides is 2. The molecule has 82 valence electrons. The normalized spacial score (nSPS) is 9.57. The predicted octanol–water partition coefficient (Wildman–Crippen LogP) is 0.730. The van der Waals surface area contributed by atoms with Crippen molar-refractivity contribution in [1.82, 2.24) is 4.90 Å². The molecule has 0 aromatic heterocycles. The monoisotopic (exact) mass is 202 g/mol. The molecule has 0 aromatic rings. The van der Waals surface area contributed by atoms with E-state index >= 15 is 0 Å². The molecule has 0 saturated heterocycles. The third kappa shape index (κ3) is 6.28. The molecule has 5 nitrogen and oxygen atoms in total. The van der Waals surface area contributed by atoms with E-state index in [9.17, 15) is 9.59 Å². The zero-order chi connectivity index (χ0) is 11.0. The highest BCUT2D eigenvalue weighted by atomic mass is 16.5. The molecule has 5 heteroatoms. The third-order valence-electron chi connectivity index (χ3n) is 1.75. The first-order valence-electron chi connectivity index (χ1n) is 4.74. The molecule has 0 fully saturated rings. The first kappa shape index (κ1) is 12.7. The van der Waals surface area contributed by atoms with Gasteiger partial charge in [0.2, 0.25) is 5.91 Å². The van der Waals surface area contributed by atoms with Crippen LogP contribution in [0.4, 0.5) is 4.79 Å². The topological polar surface area (TPSA) is 72.6 Å². The Morgan fingerprint density at radius 2 is 2.00 bits per heavy atom. The number of hydrogen-bond donors (Lipinski definition) is 1. The number of rotatable bonds is 6. The first-order chi connectivity index (χ1) is 6.57. The summed E-state index contributed by atoms with van der Waals surface area (Å²) in [6.45, 7) is 2.73. The van der Waals surface area contributed by atoms with Gasteiger partial charge in [0.15, 0.2) is 0 Å². The minimum Gasteiger partial charge on any atom is -0.450 e. The van der Waals surface area contributed by atoms with Crippen molar-refractivity contribution in [3.63, 3.8) is 0 Å². The van der Waals surface area contributed by atoms with Gasteiger partial charge in [0.25, 0.3) is 0 Å². The molecular formula is C9H18N2O3. The van der Waals surface area contributed by atoms with Crippen LogP contribution in [0.2, 0.25) is 0 Å². The van der Waals surface area contributed by atoms with Crippen molar-refractivity contribution in [2.24, 2.45) is 5.73 Å². The Labute approximate surface area is 84.2 Å². The number of nitrogens with zero attached hydrogens (tertiary/aromatic N) is 1. The Morgan fingerprint density at radius 3 is 2.50 bits per heavy atom. The summed E-state index contributed by atoms with van der Waals surface area (Å²) in [6, 6.07) is 0. The second-order valence-corrected chi connectivity index (χ2v) is 3.04. The van der Waals surface area contributed by atoms with E-state index in [0.29, 0.717) is 26.0 Å². The Bertz CT molecular complexity index is 194. The number of carbonyl (C=O) groups is 2. The quantitative estimate of drug-likeness (QED) is 0.645. The van der Waals surface area contributed by atoms with Gasteiger partial charge in [0.1, 0.15) is 0 Å². The van der Waals surface area contributed by atoms with Crippen LogP contribution in [0.15, 0.2) is 0 Å². The summed E-state index contributed by atoms with van der Waals surface area (Å²) >= 11 is 0. The average molecular weight is 202 g/mol. The fraction of sp³-hybridized carbons (Fsp3) is 0.778. The van der Waals surface area contributed by atoms with Gasteiger partial charge in [0.05, 0.1) is 6.61 Å². The summed E-state index contributed by atoms with van der Waals surface area (Å²) in [5, 5.41) is 0. The minimum atomic E-state index is -0.327. The lowest BCUT2D eigenvalue weighted by molar-refractivity contribution is -0.118. The highest BCUT2D eigenvalue weighted by Gasteiger charge is 2.07. The van der Waals surface area contributed by atoms with E-state index in [1.54, 1.807) is 14.0 Å². The van der Waals surface area contributed by atoms with Crippen molar-refractivity contribution in [3.8, 4) is 0 Å². The largest absolute Gasteiger partial charge is 0.450 e. The van der Waals surface area contributed by atoms with Gasteiger partial charge in [-0.05, 0) is 19.8 Å². The maximum Gasteiger partial charge on any atom is 0.409 e. The van der Waals surface area contributed by atoms with Crippen LogP contribution in [0.1, 0.15) is 26.2 Å². The van der Waals surface area contributed by atoms with E-state index in [1.165, 1.54) is 4.90 Å². The van der Waals surface area contributed by atoms with Crippen molar-refractivity contribution >= 4 is 12.0 Å². The molecule has 0 aromatic carbocycles. The van der Waals surface area contributed by atoms with E-state index in [0.717, 1.165) is 6.42 Å². The van der Waals surface area contributed by atoms with Crippen LogP contribution in [0.25, 0.3) is 0 Å². The standard InChI is InChI=1S/C9H18N2O3/c1-3-14-9(13)11(2)7-5-4-6-8(10)12/h3-7H2,1-2H3,(H2,10,12). The summed E-state index contributed by atoms with van der Waals surface area (Å²) in [5.41, 5.74) is 4.97. The van der Waals surface area contributed by atoms with E-state index in [4.69, 9.17) is 10.5 Å².